The molecule has 0 saturated carbocycles. The van der Waals surface area contributed by atoms with Crippen LogP contribution in [0.25, 0.3) is 5.69 Å². The first kappa shape index (κ1) is 8.53. The maximum absolute atomic E-state index is 5.84. The van der Waals surface area contributed by atoms with Crippen LogP contribution in [0.1, 0.15) is 0 Å². The standard InChI is InChI=1S/C8H5Cl2N3/c9-7-2-1-6(3-8(7)10)13-5-11-4-12-13/h1-5H. The highest BCUT2D eigenvalue weighted by Crippen LogP contribution is 2.23. The van der Waals surface area contributed by atoms with E-state index in [1.807, 2.05) is 6.07 Å². The van der Waals surface area contributed by atoms with E-state index < -0.39 is 0 Å². The van der Waals surface area contributed by atoms with E-state index in [4.69, 9.17) is 23.2 Å². The van der Waals surface area contributed by atoms with E-state index in [1.54, 1.807) is 23.1 Å². The van der Waals surface area contributed by atoms with Gasteiger partial charge in [-0.05, 0) is 18.2 Å². The number of halogens is 2. The topological polar surface area (TPSA) is 30.7 Å². The molecular formula is C8H5Cl2N3. The van der Waals surface area contributed by atoms with Crippen molar-refractivity contribution in [2.75, 3.05) is 0 Å². The number of hydrogen-bond acceptors (Lipinski definition) is 2. The van der Waals surface area contributed by atoms with Crippen molar-refractivity contribution >= 4 is 23.2 Å². The molecule has 0 amide bonds. The monoisotopic (exact) mass is 213 g/mol. The molecule has 0 aliphatic carbocycles. The first-order chi connectivity index (χ1) is 6.27. The Morgan fingerprint density at radius 2 is 2.00 bits per heavy atom. The summed E-state index contributed by atoms with van der Waals surface area (Å²) in [5, 5.41) is 5.00. The van der Waals surface area contributed by atoms with Crippen LogP contribution in [0.3, 0.4) is 0 Å². The quantitative estimate of drug-likeness (QED) is 0.730. The Labute approximate surface area is 84.9 Å². The molecule has 0 N–H and O–H groups in total. The lowest BCUT2D eigenvalue weighted by Crippen LogP contribution is -1.93. The Hall–Kier alpha value is -1.06. The molecule has 0 fully saturated rings. The van der Waals surface area contributed by atoms with E-state index in [9.17, 15) is 0 Å². The second kappa shape index (κ2) is 3.36. The van der Waals surface area contributed by atoms with Gasteiger partial charge in [-0.1, -0.05) is 23.2 Å². The molecule has 0 bridgehead atoms. The molecule has 13 heavy (non-hydrogen) atoms. The molecule has 2 aromatic rings. The van der Waals surface area contributed by atoms with Gasteiger partial charge in [0, 0.05) is 0 Å². The maximum Gasteiger partial charge on any atom is 0.138 e. The number of benzene rings is 1. The Balaban J connectivity index is 2.49. The molecule has 2 rings (SSSR count). The molecule has 1 aromatic carbocycles. The summed E-state index contributed by atoms with van der Waals surface area (Å²) in [5.74, 6) is 0. The minimum absolute atomic E-state index is 0.509. The van der Waals surface area contributed by atoms with Crippen molar-refractivity contribution in [2.24, 2.45) is 0 Å². The molecule has 0 radical (unpaired) electrons. The van der Waals surface area contributed by atoms with Gasteiger partial charge in [-0.15, -0.1) is 0 Å². The van der Waals surface area contributed by atoms with E-state index in [-0.39, 0.29) is 0 Å². The molecule has 1 heterocycles. The fourth-order valence-corrected chi connectivity index (χ4v) is 1.26. The van der Waals surface area contributed by atoms with Crippen LogP contribution in [-0.2, 0) is 0 Å². The summed E-state index contributed by atoms with van der Waals surface area (Å²) in [7, 11) is 0. The third-order valence-electron chi connectivity index (χ3n) is 1.59. The normalized spacial score (nSPS) is 10.3. The second-order valence-electron chi connectivity index (χ2n) is 2.44. The number of aromatic nitrogens is 3. The van der Waals surface area contributed by atoms with Crippen molar-refractivity contribution in [3.63, 3.8) is 0 Å². The third-order valence-corrected chi connectivity index (χ3v) is 2.33. The largest absolute Gasteiger partial charge is 0.223 e. The zero-order valence-electron chi connectivity index (χ0n) is 6.48. The van der Waals surface area contributed by atoms with Gasteiger partial charge in [0.05, 0.1) is 15.7 Å². The second-order valence-corrected chi connectivity index (χ2v) is 3.25. The molecule has 0 aliphatic rings. The van der Waals surface area contributed by atoms with Gasteiger partial charge in [0.15, 0.2) is 0 Å². The molecule has 3 nitrogen and oxygen atoms in total. The van der Waals surface area contributed by atoms with Crippen LogP contribution in [0, 0.1) is 0 Å². The van der Waals surface area contributed by atoms with E-state index in [2.05, 4.69) is 10.1 Å². The van der Waals surface area contributed by atoms with Gasteiger partial charge in [-0.2, -0.15) is 5.10 Å². The molecule has 1 aromatic heterocycles. The lowest BCUT2D eigenvalue weighted by molar-refractivity contribution is 0.879. The molecule has 0 spiro atoms. The van der Waals surface area contributed by atoms with Crippen molar-refractivity contribution in [1.29, 1.82) is 0 Å². The smallest absolute Gasteiger partial charge is 0.138 e. The van der Waals surface area contributed by atoms with E-state index in [0.717, 1.165) is 5.69 Å². The predicted molar refractivity (Wildman–Crippen MR) is 51.4 cm³/mol. The van der Waals surface area contributed by atoms with Crippen LogP contribution in [0.2, 0.25) is 10.0 Å². The Morgan fingerprint density at radius 3 is 2.62 bits per heavy atom. The Bertz CT molecular complexity index is 411. The zero-order valence-corrected chi connectivity index (χ0v) is 8.00. The number of rotatable bonds is 1. The predicted octanol–water partition coefficient (Wildman–Crippen LogP) is 2.57. The van der Waals surface area contributed by atoms with Crippen LogP contribution in [0.4, 0.5) is 0 Å². The van der Waals surface area contributed by atoms with E-state index in [0.29, 0.717) is 10.0 Å². The molecule has 66 valence electrons. The summed E-state index contributed by atoms with van der Waals surface area (Å²) in [4.78, 5) is 3.83. The summed E-state index contributed by atoms with van der Waals surface area (Å²) in [6, 6.07) is 5.28. The van der Waals surface area contributed by atoms with Crippen LogP contribution in [0.5, 0.6) is 0 Å². The maximum atomic E-state index is 5.84. The molecule has 0 atom stereocenters. The molecule has 0 aliphatic heterocycles. The SMILES string of the molecule is Clc1ccc(-n2cncn2)cc1Cl. The third kappa shape index (κ3) is 1.66. The van der Waals surface area contributed by atoms with Crippen molar-refractivity contribution in [3.8, 4) is 5.69 Å². The van der Waals surface area contributed by atoms with E-state index >= 15 is 0 Å². The van der Waals surface area contributed by atoms with Gasteiger partial charge in [0.1, 0.15) is 12.7 Å². The lowest BCUT2D eigenvalue weighted by Gasteiger charge is -2.01. The average Bonchev–Trinajstić information content (AvgIpc) is 2.62. The fourth-order valence-electron chi connectivity index (χ4n) is 0.969. The van der Waals surface area contributed by atoms with Crippen molar-refractivity contribution < 1.29 is 0 Å². The number of nitrogens with zero attached hydrogens (tertiary/aromatic N) is 3. The van der Waals surface area contributed by atoms with Gasteiger partial charge in [0.25, 0.3) is 0 Å². The van der Waals surface area contributed by atoms with Crippen LogP contribution in [-0.4, -0.2) is 14.8 Å². The molecule has 5 heteroatoms. The van der Waals surface area contributed by atoms with Crippen LogP contribution >= 0.6 is 23.2 Å². The fraction of sp³-hybridized carbons (Fsp3) is 0. The summed E-state index contributed by atoms with van der Waals surface area (Å²) >= 11 is 11.6. The molecule has 0 saturated heterocycles. The minimum atomic E-state index is 0.509. The Kier molecular flexibility index (Phi) is 2.20. The Morgan fingerprint density at radius 1 is 1.15 bits per heavy atom. The zero-order chi connectivity index (χ0) is 9.26. The number of hydrogen-bond donors (Lipinski definition) is 0. The minimum Gasteiger partial charge on any atom is -0.223 e. The van der Waals surface area contributed by atoms with Gasteiger partial charge >= 0.3 is 0 Å². The van der Waals surface area contributed by atoms with Gasteiger partial charge in [0.2, 0.25) is 0 Å². The van der Waals surface area contributed by atoms with Crippen LogP contribution in [0.15, 0.2) is 30.9 Å². The average molecular weight is 214 g/mol. The summed E-state index contributed by atoms with van der Waals surface area (Å²) in [6.07, 6.45) is 3.06. The van der Waals surface area contributed by atoms with Crippen molar-refractivity contribution in [3.05, 3.63) is 40.9 Å². The summed E-state index contributed by atoms with van der Waals surface area (Å²) in [5.41, 5.74) is 0.840. The first-order valence-corrected chi connectivity index (χ1v) is 4.33. The van der Waals surface area contributed by atoms with Crippen LogP contribution < -0.4 is 0 Å². The molecular weight excluding hydrogens is 209 g/mol. The summed E-state index contributed by atoms with van der Waals surface area (Å²) in [6.45, 7) is 0. The highest BCUT2D eigenvalue weighted by Gasteiger charge is 2.00. The van der Waals surface area contributed by atoms with Gasteiger partial charge < -0.3 is 0 Å². The van der Waals surface area contributed by atoms with E-state index in [1.165, 1.54) is 6.33 Å². The highest BCUT2D eigenvalue weighted by molar-refractivity contribution is 6.42. The van der Waals surface area contributed by atoms with Gasteiger partial charge in [-0.3, -0.25) is 0 Å². The highest BCUT2D eigenvalue weighted by atomic mass is 35.5. The van der Waals surface area contributed by atoms with Gasteiger partial charge in [-0.25, -0.2) is 9.67 Å². The summed E-state index contributed by atoms with van der Waals surface area (Å²) < 4.78 is 1.61. The van der Waals surface area contributed by atoms with Crippen molar-refractivity contribution in [2.45, 2.75) is 0 Å². The van der Waals surface area contributed by atoms with Crippen molar-refractivity contribution in [1.82, 2.24) is 14.8 Å². The first-order valence-electron chi connectivity index (χ1n) is 3.57. The molecule has 0 unspecified atom stereocenters. The lowest BCUT2D eigenvalue weighted by atomic mass is 10.3.